The third-order valence-electron chi connectivity index (χ3n) is 2.69. The SMILES string of the molecule is CCc1ncnc(NCCc2ccc(Cl)nc2)c1F. The lowest BCUT2D eigenvalue weighted by Gasteiger charge is -2.08. The van der Waals surface area contributed by atoms with Gasteiger partial charge in [0.2, 0.25) is 0 Å². The maximum atomic E-state index is 13.8. The Hall–Kier alpha value is -1.75. The molecule has 2 aromatic heterocycles. The first-order valence-electron chi connectivity index (χ1n) is 6.04. The van der Waals surface area contributed by atoms with Gasteiger partial charge in [-0.1, -0.05) is 24.6 Å². The van der Waals surface area contributed by atoms with Crippen LogP contribution in [-0.2, 0) is 12.8 Å². The lowest BCUT2D eigenvalue weighted by Crippen LogP contribution is -2.10. The first kappa shape index (κ1) is 13.7. The average Bonchev–Trinajstić information content (AvgIpc) is 2.43. The van der Waals surface area contributed by atoms with E-state index in [1.165, 1.54) is 6.33 Å². The molecule has 0 bridgehead atoms. The van der Waals surface area contributed by atoms with Crippen molar-refractivity contribution in [2.24, 2.45) is 0 Å². The van der Waals surface area contributed by atoms with Crippen molar-refractivity contribution >= 4 is 17.4 Å². The number of pyridine rings is 1. The second-order valence-corrected chi connectivity index (χ2v) is 4.39. The second kappa shape index (κ2) is 6.43. The number of aromatic nitrogens is 3. The number of anilines is 1. The predicted molar refractivity (Wildman–Crippen MR) is 72.8 cm³/mol. The number of aryl methyl sites for hydroxylation is 1. The van der Waals surface area contributed by atoms with Crippen LogP contribution in [0.1, 0.15) is 18.2 Å². The summed E-state index contributed by atoms with van der Waals surface area (Å²) in [5.41, 5.74) is 1.45. The standard InChI is InChI=1S/C13H14ClFN4/c1-2-10-12(15)13(19-8-18-10)16-6-5-9-3-4-11(14)17-7-9/h3-4,7-8H,2,5-6H2,1H3,(H,16,18,19). The third-order valence-corrected chi connectivity index (χ3v) is 2.91. The van der Waals surface area contributed by atoms with Crippen molar-refractivity contribution in [2.45, 2.75) is 19.8 Å². The van der Waals surface area contributed by atoms with Gasteiger partial charge in [0.1, 0.15) is 11.5 Å². The highest BCUT2D eigenvalue weighted by atomic mass is 35.5. The Morgan fingerprint density at radius 2 is 2.11 bits per heavy atom. The van der Waals surface area contributed by atoms with Gasteiger partial charge in [0.15, 0.2) is 11.6 Å². The van der Waals surface area contributed by atoms with E-state index in [1.54, 1.807) is 12.3 Å². The molecule has 0 aliphatic rings. The summed E-state index contributed by atoms with van der Waals surface area (Å²) in [5, 5.41) is 3.43. The Kier molecular flexibility index (Phi) is 4.63. The van der Waals surface area contributed by atoms with Crippen LogP contribution >= 0.6 is 11.6 Å². The van der Waals surface area contributed by atoms with Gasteiger partial charge in [-0.25, -0.2) is 19.3 Å². The maximum Gasteiger partial charge on any atom is 0.186 e. The molecule has 0 spiro atoms. The van der Waals surface area contributed by atoms with Crippen molar-refractivity contribution < 1.29 is 4.39 Å². The monoisotopic (exact) mass is 280 g/mol. The van der Waals surface area contributed by atoms with E-state index in [9.17, 15) is 4.39 Å². The van der Waals surface area contributed by atoms with Crippen LogP contribution in [0.25, 0.3) is 0 Å². The molecule has 2 rings (SSSR count). The largest absolute Gasteiger partial charge is 0.367 e. The molecule has 6 heteroatoms. The first-order chi connectivity index (χ1) is 9.20. The molecule has 2 aromatic rings. The molecule has 0 aliphatic heterocycles. The van der Waals surface area contributed by atoms with Gasteiger partial charge in [0.25, 0.3) is 0 Å². The van der Waals surface area contributed by atoms with Gasteiger partial charge in [-0.15, -0.1) is 0 Å². The minimum absolute atomic E-state index is 0.244. The summed E-state index contributed by atoms with van der Waals surface area (Å²) >= 11 is 5.70. The van der Waals surface area contributed by atoms with Crippen LogP contribution in [0, 0.1) is 5.82 Å². The van der Waals surface area contributed by atoms with Crippen molar-refractivity contribution in [3.63, 3.8) is 0 Å². The van der Waals surface area contributed by atoms with Gasteiger partial charge in [-0.3, -0.25) is 0 Å². The second-order valence-electron chi connectivity index (χ2n) is 4.00. The van der Waals surface area contributed by atoms with Crippen LogP contribution < -0.4 is 5.32 Å². The Balaban J connectivity index is 1.94. The molecular weight excluding hydrogens is 267 g/mol. The summed E-state index contributed by atoms with van der Waals surface area (Å²) in [4.78, 5) is 11.8. The number of nitrogens with zero attached hydrogens (tertiary/aromatic N) is 3. The van der Waals surface area contributed by atoms with Gasteiger partial charge in [-0.05, 0) is 24.5 Å². The topological polar surface area (TPSA) is 50.7 Å². The van der Waals surface area contributed by atoms with Gasteiger partial charge in [0.05, 0.1) is 5.69 Å². The normalized spacial score (nSPS) is 10.5. The maximum absolute atomic E-state index is 13.8. The van der Waals surface area contributed by atoms with E-state index in [2.05, 4.69) is 20.3 Å². The summed E-state index contributed by atoms with van der Waals surface area (Å²) in [6.45, 7) is 2.43. The number of halogens is 2. The third kappa shape index (κ3) is 3.61. The molecule has 0 radical (unpaired) electrons. The number of nitrogens with one attached hydrogen (secondary N) is 1. The van der Waals surface area contributed by atoms with Crippen molar-refractivity contribution in [1.82, 2.24) is 15.0 Å². The molecule has 2 heterocycles. The minimum Gasteiger partial charge on any atom is -0.367 e. The number of hydrogen-bond acceptors (Lipinski definition) is 4. The fraction of sp³-hybridized carbons (Fsp3) is 0.308. The van der Waals surface area contributed by atoms with Crippen LogP contribution in [0.15, 0.2) is 24.7 Å². The molecule has 0 aromatic carbocycles. The van der Waals surface area contributed by atoms with Crippen LogP contribution in [0.5, 0.6) is 0 Å². The summed E-state index contributed by atoms with van der Waals surface area (Å²) < 4.78 is 13.8. The minimum atomic E-state index is -0.376. The zero-order chi connectivity index (χ0) is 13.7. The number of rotatable bonds is 5. The van der Waals surface area contributed by atoms with Crippen LogP contribution in [0.2, 0.25) is 5.15 Å². The predicted octanol–water partition coefficient (Wildman–Crippen LogP) is 2.88. The molecule has 0 atom stereocenters. The molecule has 0 saturated carbocycles. The molecule has 0 aliphatic carbocycles. The van der Waals surface area contributed by atoms with Crippen LogP contribution in [0.3, 0.4) is 0 Å². The van der Waals surface area contributed by atoms with E-state index in [0.29, 0.717) is 23.8 Å². The highest BCUT2D eigenvalue weighted by Gasteiger charge is 2.08. The average molecular weight is 281 g/mol. The molecule has 0 fully saturated rings. The number of hydrogen-bond donors (Lipinski definition) is 1. The molecule has 19 heavy (non-hydrogen) atoms. The summed E-state index contributed by atoms with van der Waals surface area (Å²) in [7, 11) is 0. The van der Waals surface area contributed by atoms with Crippen LogP contribution in [0.4, 0.5) is 10.2 Å². The summed E-state index contributed by atoms with van der Waals surface area (Å²) in [6.07, 6.45) is 4.34. The van der Waals surface area contributed by atoms with Crippen molar-refractivity contribution in [3.8, 4) is 0 Å². The van der Waals surface area contributed by atoms with Crippen molar-refractivity contribution in [1.29, 1.82) is 0 Å². The van der Waals surface area contributed by atoms with Crippen LogP contribution in [-0.4, -0.2) is 21.5 Å². The van der Waals surface area contributed by atoms with Gasteiger partial charge >= 0.3 is 0 Å². The molecule has 0 unspecified atom stereocenters. The fourth-order valence-electron chi connectivity index (χ4n) is 1.66. The van der Waals surface area contributed by atoms with E-state index in [1.807, 2.05) is 13.0 Å². The van der Waals surface area contributed by atoms with E-state index >= 15 is 0 Å². The fourth-order valence-corrected chi connectivity index (χ4v) is 1.77. The molecule has 4 nitrogen and oxygen atoms in total. The van der Waals surface area contributed by atoms with Crippen molar-refractivity contribution in [2.75, 3.05) is 11.9 Å². The van der Waals surface area contributed by atoms with Gasteiger partial charge < -0.3 is 5.32 Å². The summed E-state index contributed by atoms with van der Waals surface area (Å²) in [5.74, 6) is -0.131. The zero-order valence-corrected chi connectivity index (χ0v) is 11.3. The molecule has 100 valence electrons. The van der Waals surface area contributed by atoms with E-state index in [0.717, 1.165) is 12.0 Å². The van der Waals surface area contributed by atoms with Gasteiger partial charge in [0, 0.05) is 12.7 Å². The molecular formula is C13H14ClFN4. The highest BCUT2D eigenvalue weighted by Crippen LogP contribution is 2.13. The van der Waals surface area contributed by atoms with E-state index < -0.39 is 0 Å². The van der Waals surface area contributed by atoms with E-state index in [-0.39, 0.29) is 11.6 Å². The molecule has 0 saturated heterocycles. The Morgan fingerprint density at radius 3 is 2.79 bits per heavy atom. The molecule has 1 N–H and O–H groups in total. The summed E-state index contributed by atoms with van der Waals surface area (Å²) in [6, 6.07) is 3.63. The van der Waals surface area contributed by atoms with E-state index in [4.69, 9.17) is 11.6 Å². The Morgan fingerprint density at radius 1 is 1.26 bits per heavy atom. The Bertz CT molecular complexity index is 545. The first-order valence-corrected chi connectivity index (χ1v) is 6.42. The zero-order valence-electron chi connectivity index (χ0n) is 10.5. The lowest BCUT2D eigenvalue weighted by atomic mass is 10.2. The van der Waals surface area contributed by atoms with Gasteiger partial charge in [-0.2, -0.15) is 0 Å². The van der Waals surface area contributed by atoms with Crippen molar-refractivity contribution in [3.05, 3.63) is 46.9 Å². The lowest BCUT2D eigenvalue weighted by molar-refractivity contribution is 0.596. The Labute approximate surface area is 116 Å². The smallest absolute Gasteiger partial charge is 0.186 e. The molecule has 0 amide bonds. The highest BCUT2D eigenvalue weighted by molar-refractivity contribution is 6.29. The quantitative estimate of drug-likeness (QED) is 0.856.